The second-order valence-electron chi connectivity index (χ2n) is 7.46. The molecule has 0 radical (unpaired) electrons. The van der Waals surface area contributed by atoms with Crippen LogP contribution in [0.3, 0.4) is 0 Å². The van der Waals surface area contributed by atoms with E-state index in [1.807, 2.05) is 52.2 Å². The van der Waals surface area contributed by atoms with Gasteiger partial charge < -0.3 is 24.6 Å². The lowest BCUT2D eigenvalue weighted by molar-refractivity contribution is 0.220. The Morgan fingerprint density at radius 3 is 1.54 bits per heavy atom. The van der Waals surface area contributed by atoms with Gasteiger partial charge in [-0.05, 0) is 51.2 Å². The summed E-state index contributed by atoms with van der Waals surface area (Å²) in [4.78, 5) is 4.31. The third kappa shape index (κ3) is 5.53. The van der Waals surface area contributed by atoms with E-state index in [0.29, 0.717) is 24.6 Å². The first-order valence-corrected chi connectivity index (χ1v) is 9.35. The highest BCUT2D eigenvalue weighted by atomic mass is 16.5. The number of aryl methyl sites for hydroxylation is 2. The van der Waals surface area contributed by atoms with Crippen LogP contribution < -0.4 is 9.47 Å². The van der Waals surface area contributed by atoms with Gasteiger partial charge in [-0.15, -0.1) is 0 Å². The van der Waals surface area contributed by atoms with E-state index in [1.54, 1.807) is 14.2 Å². The third-order valence-electron chi connectivity index (χ3n) is 4.69. The van der Waals surface area contributed by atoms with Crippen LogP contribution in [0.25, 0.3) is 0 Å². The summed E-state index contributed by atoms with van der Waals surface area (Å²) in [7, 11) is 7.16. The molecule has 0 aliphatic carbocycles. The topological polar surface area (TPSA) is 65.4 Å². The number of hydrogen-bond donors (Lipinski definition) is 2. The highest BCUT2D eigenvalue weighted by molar-refractivity contribution is 5.49. The van der Waals surface area contributed by atoms with Crippen molar-refractivity contribution in [1.29, 1.82) is 0 Å². The predicted octanol–water partition coefficient (Wildman–Crippen LogP) is 3.30. The minimum absolute atomic E-state index is 0.161. The molecule has 0 bridgehead atoms. The molecule has 0 unspecified atom stereocenters. The SMILES string of the molecule is COc1cc(C)cc(CN(CCN(C)C)Cc2cc(C)cc(OC)c2O)c1O. The Labute approximate surface area is 167 Å². The van der Waals surface area contributed by atoms with Crippen molar-refractivity contribution in [3.63, 3.8) is 0 Å². The maximum atomic E-state index is 10.6. The van der Waals surface area contributed by atoms with Gasteiger partial charge in [-0.25, -0.2) is 0 Å². The quantitative estimate of drug-likeness (QED) is 0.687. The number of phenolic OH excluding ortho intramolecular Hbond substituents is 2. The molecule has 0 aliphatic heterocycles. The Bertz CT molecular complexity index is 744. The van der Waals surface area contributed by atoms with E-state index in [0.717, 1.165) is 35.3 Å². The van der Waals surface area contributed by atoms with Gasteiger partial charge >= 0.3 is 0 Å². The smallest absolute Gasteiger partial charge is 0.162 e. The number of aromatic hydroxyl groups is 2. The van der Waals surface area contributed by atoms with Gasteiger partial charge in [0.25, 0.3) is 0 Å². The van der Waals surface area contributed by atoms with E-state index >= 15 is 0 Å². The lowest BCUT2D eigenvalue weighted by Crippen LogP contribution is -2.31. The van der Waals surface area contributed by atoms with Gasteiger partial charge in [-0.2, -0.15) is 0 Å². The number of benzene rings is 2. The Balaban J connectivity index is 2.34. The van der Waals surface area contributed by atoms with Gasteiger partial charge in [-0.1, -0.05) is 12.1 Å². The van der Waals surface area contributed by atoms with Crippen LogP contribution in [-0.2, 0) is 13.1 Å². The molecule has 0 fully saturated rings. The van der Waals surface area contributed by atoms with Crippen molar-refractivity contribution < 1.29 is 19.7 Å². The van der Waals surface area contributed by atoms with Gasteiger partial charge in [0.2, 0.25) is 0 Å². The van der Waals surface area contributed by atoms with Crippen LogP contribution in [0.1, 0.15) is 22.3 Å². The largest absolute Gasteiger partial charge is 0.504 e. The van der Waals surface area contributed by atoms with Crippen LogP contribution in [0.15, 0.2) is 24.3 Å². The van der Waals surface area contributed by atoms with E-state index in [9.17, 15) is 10.2 Å². The van der Waals surface area contributed by atoms with Crippen LogP contribution in [-0.4, -0.2) is 61.4 Å². The summed E-state index contributed by atoms with van der Waals surface area (Å²) < 4.78 is 10.6. The summed E-state index contributed by atoms with van der Waals surface area (Å²) in [5, 5.41) is 21.1. The van der Waals surface area contributed by atoms with E-state index in [4.69, 9.17) is 9.47 Å². The van der Waals surface area contributed by atoms with Gasteiger partial charge in [0.1, 0.15) is 0 Å². The van der Waals surface area contributed by atoms with Crippen LogP contribution in [0.2, 0.25) is 0 Å². The van der Waals surface area contributed by atoms with Crippen LogP contribution >= 0.6 is 0 Å². The minimum atomic E-state index is 0.161. The average molecular weight is 389 g/mol. The Morgan fingerprint density at radius 2 is 1.18 bits per heavy atom. The maximum Gasteiger partial charge on any atom is 0.162 e. The van der Waals surface area contributed by atoms with Gasteiger partial charge in [0, 0.05) is 37.3 Å². The fourth-order valence-electron chi connectivity index (χ4n) is 3.23. The fourth-order valence-corrected chi connectivity index (χ4v) is 3.23. The Hall–Kier alpha value is -2.44. The van der Waals surface area contributed by atoms with Gasteiger partial charge in [-0.3, -0.25) is 4.90 Å². The summed E-state index contributed by atoms with van der Waals surface area (Å²) in [6, 6.07) is 7.58. The predicted molar refractivity (Wildman–Crippen MR) is 111 cm³/mol. The number of methoxy groups -OCH3 is 2. The first kappa shape index (κ1) is 21.9. The Kier molecular flexibility index (Phi) is 7.54. The molecule has 0 aliphatic rings. The standard InChI is InChI=1S/C22H32N2O4/c1-15-9-17(21(25)19(11-15)27-5)13-24(8-7-23(3)4)14-18-10-16(2)12-20(28-6)22(18)26/h9-12,25-26H,7-8,13-14H2,1-6H3. The van der Waals surface area contributed by atoms with E-state index < -0.39 is 0 Å². The molecule has 0 spiro atoms. The number of likely N-dealkylation sites (N-methyl/N-ethyl adjacent to an activating group) is 1. The number of rotatable bonds is 9. The molecule has 6 nitrogen and oxygen atoms in total. The van der Waals surface area contributed by atoms with Crippen molar-refractivity contribution in [2.24, 2.45) is 0 Å². The highest BCUT2D eigenvalue weighted by Gasteiger charge is 2.17. The fraction of sp³-hybridized carbons (Fsp3) is 0.455. The first-order valence-electron chi connectivity index (χ1n) is 9.35. The summed E-state index contributed by atoms with van der Waals surface area (Å²) in [5.41, 5.74) is 3.65. The number of phenols is 2. The van der Waals surface area contributed by atoms with E-state index in [-0.39, 0.29) is 11.5 Å². The zero-order chi connectivity index (χ0) is 20.8. The molecule has 2 aromatic carbocycles. The average Bonchev–Trinajstić information content (AvgIpc) is 2.64. The van der Waals surface area contributed by atoms with Crippen LogP contribution in [0.5, 0.6) is 23.0 Å². The van der Waals surface area contributed by atoms with Crippen molar-refractivity contribution in [3.8, 4) is 23.0 Å². The molecular formula is C22H32N2O4. The lowest BCUT2D eigenvalue weighted by Gasteiger charge is -2.26. The van der Waals surface area contributed by atoms with Crippen molar-refractivity contribution in [2.75, 3.05) is 41.4 Å². The van der Waals surface area contributed by atoms with Crippen molar-refractivity contribution in [3.05, 3.63) is 46.5 Å². The summed E-state index contributed by atoms with van der Waals surface area (Å²) in [5.74, 6) is 1.27. The molecular weight excluding hydrogens is 356 g/mol. The van der Waals surface area contributed by atoms with Crippen molar-refractivity contribution in [1.82, 2.24) is 9.80 Å². The molecule has 0 saturated heterocycles. The summed E-state index contributed by atoms with van der Waals surface area (Å²) in [6.07, 6.45) is 0. The molecule has 2 aromatic rings. The lowest BCUT2D eigenvalue weighted by atomic mass is 10.1. The van der Waals surface area contributed by atoms with Crippen LogP contribution in [0, 0.1) is 13.8 Å². The van der Waals surface area contributed by atoms with Gasteiger partial charge in [0.05, 0.1) is 14.2 Å². The molecule has 0 amide bonds. The van der Waals surface area contributed by atoms with Crippen LogP contribution in [0.4, 0.5) is 0 Å². The second-order valence-corrected chi connectivity index (χ2v) is 7.46. The van der Waals surface area contributed by atoms with Crippen molar-refractivity contribution >= 4 is 0 Å². The second kappa shape index (κ2) is 9.66. The highest BCUT2D eigenvalue weighted by Crippen LogP contribution is 2.34. The molecule has 6 heteroatoms. The molecule has 2 N–H and O–H groups in total. The molecule has 0 aromatic heterocycles. The Morgan fingerprint density at radius 1 is 0.750 bits per heavy atom. The normalized spacial score (nSPS) is 11.3. The summed E-state index contributed by atoms with van der Waals surface area (Å²) in [6.45, 7) is 6.66. The third-order valence-corrected chi connectivity index (χ3v) is 4.69. The summed E-state index contributed by atoms with van der Waals surface area (Å²) >= 11 is 0. The van der Waals surface area contributed by atoms with Crippen molar-refractivity contribution in [2.45, 2.75) is 26.9 Å². The number of hydrogen-bond acceptors (Lipinski definition) is 6. The van der Waals surface area contributed by atoms with Gasteiger partial charge in [0.15, 0.2) is 23.0 Å². The molecule has 0 saturated carbocycles. The first-order chi connectivity index (χ1) is 13.2. The molecule has 154 valence electrons. The van der Waals surface area contributed by atoms with E-state index in [1.165, 1.54) is 0 Å². The number of ether oxygens (including phenoxy) is 2. The number of nitrogens with zero attached hydrogens (tertiary/aromatic N) is 2. The molecule has 2 rings (SSSR count). The molecule has 28 heavy (non-hydrogen) atoms. The maximum absolute atomic E-state index is 10.6. The zero-order valence-corrected chi connectivity index (χ0v) is 17.7. The zero-order valence-electron chi connectivity index (χ0n) is 17.7. The minimum Gasteiger partial charge on any atom is -0.504 e. The molecule has 0 atom stereocenters. The molecule has 0 heterocycles. The van der Waals surface area contributed by atoms with E-state index in [2.05, 4.69) is 9.80 Å². The monoisotopic (exact) mass is 388 g/mol.